The summed E-state index contributed by atoms with van der Waals surface area (Å²) in [6.07, 6.45) is 0. The van der Waals surface area contributed by atoms with Gasteiger partial charge in [0.05, 0.1) is 7.11 Å². The number of hydrogen-bond donors (Lipinski definition) is 2. The van der Waals surface area contributed by atoms with Crippen LogP contribution < -0.4 is 10.1 Å². The predicted molar refractivity (Wildman–Crippen MR) is 93.4 cm³/mol. The number of aromatic nitrogens is 3. The lowest BCUT2D eigenvalue weighted by Crippen LogP contribution is -1.94. The van der Waals surface area contributed by atoms with Gasteiger partial charge in [0.2, 0.25) is 5.95 Å². The first-order valence-corrected chi connectivity index (χ1v) is 8.24. The molecule has 0 amide bonds. The van der Waals surface area contributed by atoms with Gasteiger partial charge in [-0.3, -0.25) is 5.10 Å². The number of benzene rings is 2. The van der Waals surface area contributed by atoms with Gasteiger partial charge < -0.3 is 10.1 Å². The van der Waals surface area contributed by atoms with Crippen molar-refractivity contribution in [2.24, 2.45) is 0 Å². The van der Waals surface area contributed by atoms with Gasteiger partial charge in [-0.1, -0.05) is 48.2 Å². The van der Waals surface area contributed by atoms with Gasteiger partial charge in [-0.15, -0.1) is 5.10 Å². The highest BCUT2D eigenvalue weighted by atomic mass is 32.2. The zero-order chi connectivity index (χ0) is 16.1. The highest BCUT2D eigenvalue weighted by Crippen LogP contribution is 2.26. The maximum Gasteiger partial charge on any atom is 0.247 e. The van der Waals surface area contributed by atoms with Gasteiger partial charge in [0, 0.05) is 17.0 Å². The number of para-hydroxylation sites is 2. The van der Waals surface area contributed by atoms with Crippen molar-refractivity contribution in [3.05, 3.63) is 59.7 Å². The maximum absolute atomic E-state index is 5.36. The molecule has 0 radical (unpaired) electrons. The number of ether oxygens (including phenoxy) is 1. The summed E-state index contributed by atoms with van der Waals surface area (Å²) in [5, 5.41) is 11.2. The Morgan fingerprint density at radius 3 is 2.74 bits per heavy atom. The third-order valence-corrected chi connectivity index (χ3v) is 4.32. The normalized spacial score (nSPS) is 10.5. The molecular formula is C17H18N4OS. The second-order valence-electron chi connectivity index (χ2n) is 5.00. The quantitative estimate of drug-likeness (QED) is 0.666. The molecule has 0 saturated carbocycles. The first-order valence-electron chi connectivity index (χ1n) is 7.26. The van der Waals surface area contributed by atoms with Crippen LogP contribution in [0.4, 0.5) is 11.6 Å². The summed E-state index contributed by atoms with van der Waals surface area (Å²) in [6.45, 7) is 2.05. The molecule has 5 nitrogen and oxygen atoms in total. The van der Waals surface area contributed by atoms with E-state index in [4.69, 9.17) is 4.74 Å². The number of aryl methyl sites for hydroxylation is 1. The number of nitrogens with one attached hydrogen (secondary N) is 2. The maximum atomic E-state index is 5.36. The Kier molecular flexibility index (Phi) is 4.83. The Morgan fingerprint density at radius 2 is 1.91 bits per heavy atom. The van der Waals surface area contributed by atoms with Gasteiger partial charge >= 0.3 is 0 Å². The lowest BCUT2D eigenvalue weighted by molar-refractivity contribution is 0.411. The number of aromatic amines is 1. The second-order valence-corrected chi connectivity index (χ2v) is 5.97. The summed E-state index contributed by atoms with van der Waals surface area (Å²) in [7, 11) is 1.68. The van der Waals surface area contributed by atoms with Crippen molar-refractivity contribution in [3.8, 4) is 5.75 Å². The molecule has 3 aromatic rings. The molecule has 1 aromatic heterocycles. The third kappa shape index (κ3) is 3.84. The minimum absolute atomic E-state index is 0.571. The summed E-state index contributed by atoms with van der Waals surface area (Å²) >= 11 is 1.59. The van der Waals surface area contributed by atoms with E-state index in [1.807, 2.05) is 49.4 Å². The molecule has 3 rings (SSSR count). The fourth-order valence-electron chi connectivity index (χ4n) is 2.17. The zero-order valence-corrected chi connectivity index (χ0v) is 13.9. The molecule has 6 heteroatoms. The molecule has 1 heterocycles. The van der Waals surface area contributed by atoms with Crippen molar-refractivity contribution in [2.75, 3.05) is 12.4 Å². The first-order chi connectivity index (χ1) is 11.3. The first kappa shape index (κ1) is 15.4. The Hall–Kier alpha value is -2.47. The molecule has 0 bridgehead atoms. The monoisotopic (exact) mass is 326 g/mol. The zero-order valence-electron chi connectivity index (χ0n) is 13.0. The van der Waals surface area contributed by atoms with Crippen LogP contribution in [0, 0.1) is 6.92 Å². The van der Waals surface area contributed by atoms with Crippen LogP contribution >= 0.6 is 11.8 Å². The van der Waals surface area contributed by atoms with Crippen LogP contribution in [0.25, 0.3) is 0 Å². The van der Waals surface area contributed by atoms with E-state index in [9.17, 15) is 0 Å². The van der Waals surface area contributed by atoms with Crippen LogP contribution in [-0.2, 0) is 5.75 Å². The lowest BCUT2D eigenvalue weighted by atomic mass is 10.2. The number of nitrogens with zero attached hydrogens (tertiary/aromatic N) is 2. The Labute approximate surface area is 139 Å². The van der Waals surface area contributed by atoms with Crippen LogP contribution in [0.1, 0.15) is 11.1 Å². The van der Waals surface area contributed by atoms with E-state index in [1.165, 1.54) is 0 Å². The molecule has 0 saturated heterocycles. The molecule has 0 unspecified atom stereocenters. The molecule has 0 aliphatic rings. The van der Waals surface area contributed by atoms with E-state index < -0.39 is 0 Å². The Bertz CT molecular complexity index is 788. The van der Waals surface area contributed by atoms with Crippen molar-refractivity contribution < 1.29 is 4.74 Å². The van der Waals surface area contributed by atoms with Crippen molar-refractivity contribution in [1.29, 1.82) is 0 Å². The number of thioether (sulfide) groups is 1. The summed E-state index contributed by atoms with van der Waals surface area (Å²) in [4.78, 5) is 4.46. The fraction of sp³-hybridized carbons (Fsp3) is 0.176. The minimum atomic E-state index is 0.571. The third-order valence-electron chi connectivity index (χ3n) is 3.41. The molecular weight excluding hydrogens is 308 g/mol. The summed E-state index contributed by atoms with van der Waals surface area (Å²) < 4.78 is 5.36. The summed E-state index contributed by atoms with van der Waals surface area (Å²) in [5.74, 6) is 2.22. The van der Waals surface area contributed by atoms with Crippen molar-refractivity contribution in [1.82, 2.24) is 15.2 Å². The molecule has 23 heavy (non-hydrogen) atoms. The SMILES string of the molecule is COc1ccccc1CSc1nc(Nc2ccccc2C)n[nH]1. The van der Waals surface area contributed by atoms with E-state index in [0.29, 0.717) is 5.95 Å². The van der Waals surface area contributed by atoms with Gasteiger partial charge in [-0.25, -0.2) is 0 Å². The molecule has 0 atom stereocenters. The van der Waals surface area contributed by atoms with Crippen LogP contribution in [0.3, 0.4) is 0 Å². The van der Waals surface area contributed by atoms with Crippen LogP contribution in [0.2, 0.25) is 0 Å². The van der Waals surface area contributed by atoms with Gasteiger partial charge in [0.25, 0.3) is 0 Å². The minimum Gasteiger partial charge on any atom is -0.496 e. The molecule has 0 aliphatic heterocycles. The van der Waals surface area contributed by atoms with E-state index in [0.717, 1.165) is 33.5 Å². The topological polar surface area (TPSA) is 62.8 Å². The largest absolute Gasteiger partial charge is 0.496 e. The van der Waals surface area contributed by atoms with Crippen LogP contribution in [-0.4, -0.2) is 22.3 Å². The van der Waals surface area contributed by atoms with Gasteiger partial charge in [0.15, 0.2) is 5.16 Å². The number of H-pyrrole nitrogens is 1. The summed E-state index contributed by atoms with van der Waals surface area (Å²) in [5.41, 5.74) is 3.29. The van der Waals surface area contributed by atoms with E-state index >= 15 is 0 Å². The fourth-order valence-corrected chi connectivity index (χ4v) is 2.96. The smallest absolute Gasteiger partial charge is 0.247 e. The average Bonchev–Trinajstić information content (AvgIpc) is 3.03. The highest BCUT2D eigenvalue weighted by Gasteiger charge is 2.07. The van der Waals surface area contributed by atoms with Gasteiger partial charge in [-0.2, -0.15) is 4.98 Å². The predicted octanol–water partition coefficient (Wildman–Crippen LogP) is 4.16. The molecule has 118 valence electrons. The van der Waals surface area contributed by atoms with Crippen LogP contribution in [0.5, 0.6) is 5.75 Å². The summed E-state index contributed by atoms with van der Waals surface area (Å²) in [6, 6.07) is 16.0. The van der Waals surface area contributed by atoms with Gasteiger partial charge in [0.1, 0.15) is 5.75 Å². The number of methoxy groups -OCH3 is 1. The van der Waals surface area contributed by atoms with E-state index in [2.05, 4.69) is 26.6 Å². The second kappa shape index (κ2) is 7.19. The van der Waals surface area contributed by atoms with E-state index in [1.54, 1.807) is 18.9 Å². The molecule has 2 aromatic carbocycles. The Balaban J connectivity index is 1.65. The average molecular weight is 326 g/mol. The highest BCUT2D eigenvalue weighted by molar-refractivity contribution is 7.98. The van der Waals surface area contributed by atoms with E-state index in [-0.39, 0.29) is 0 Å². The molecule has 0 spiro atoms. The number of anilines is 2. The number of rotatable bonds is 6. The Morgan fingerprint density at radius 1 is 1.13 bits per heavy atom. The molecule has 0 aliphatic carbocycles. The lowest BCUT2D eigenvalue weighted by Gasteiger charge is -2.06. The standard InChI is InChI=1S/C17H18N4OS/c1-12-7-3-5-9-14(12)18-16-19-17(21-20-16)23-11-13-8-4-6-10-15(13)22-2/h3-10H,11H2,1-2H3,(H2,18,19,20,21). The van der Waals surface area contributed by atoms with Crippen molar-refractivity contribution >= 4 is 23.4 Å². The van der Waals surface area contributed by atoms with Crippen LogP contribution in [0.15, 0.2) is 53.7 Å². The van der Waals surface area contributed by atoms with Crippen molar-refractivity contribution in [3.63, 3.8) is 0 Å². The molecule has 2 N–H and O–H groups in total. The molecule has 0 fully saturated rings. The number of hydrogen-bond acceptors (Lipinski definition) is 5. The van der Waals surface area contributed by atoms with Crippen molar-refractivity contribution in [2.45, 2.75) is 17.8 Å². The van der Waals surface area contributed by atoms with Gasteiger partial charge in [-0.05, 0) is 24.6 Å².